The molecule has 0 fully saturated rings. The maximum atomic E-state index is 2.62. The molecule has 0 aliphatic heterocycles. The second-order valence-corrected chi connectivity index (χ2v) is 13.7. The van der Waals surface area contributed by atoms with Crippen LogP contribution >= 0.6 is 0 Å². The Morgan fingerprint density at radius 2 is 0.638 bits per heavy atom. The summed E-state index contributed by atoms with van der Waals surface area (Å²) < 4.78 is 0. The van der Waals surface area contributed by atoms with Gasteiger partial charge in [-0.05, 0) is 61.1 Å². The smallest absolute Gasteiger partial charge is 0.0343 e. The van der Waals surface area contributed by atoms with Crippen molar-refractivity contribution in [3.8, 4) is 0 Å². The van der Waals surface area contributed by atoms with Gasteiger partial charge in [-0.1, -0.05) is 196 Å². The first-order valence-electron chi connectivity index (χ1n) is 16.9. The van der Waals surface area contributed by atoms with Crippen LogP contribution in [0.4, 0.5) is 0 Å². The van der Waals surface area contributed by atoms with Crippen LogP contribution in [0.1, 0.15) is 82.0 Å². The molecule has 2 unspecified atom stereocenters. The number of allylic oxidation sites excluding steroid dienone is 4. The Hall–Kier alpha value is -5.20. The fourth-order valence-electron chi connectivity index (χ4n) is 8.39. The zero-order chi connectivity index (χ0) is 31.8. The first-order chi connectivity index (χ1) is 23.1. The molecular formula is C47H40. The van der Waals surface area contributed by atoms with Crippen molar-refractivity contribution in [2.45, 2.75) is 37.5 Å². The lowest BCUT2D eigenvalue weighted by atomic mass is 9.66. The lowest BCUT2D eigenvalue weighted by molar-refractivity contribution is 0.291. The molecule has 0 saturated carbocycles. The van der Waals surface area contributed by atoms with Gasteiger partial charge in [-0.15, -0.1) is 0 Å². The van der Waals surface area contributed by atoms with Gasteiger partial charge < -0.3 is 0 Å². The molecule has 0 heteroatoms. The van der Waals surface area contributed by atoms with E-state index in [1.165, 1.54) is 55.7 Å². The molecule has 6 aromatic rings. The number of fused-ring (bicyclic) bond motifs is 2. The van der Waals surface area contributed by atoms with Gasteiger partial charge in [0.05, 0.1) is 0 Å². The third kappa shape index (κ3) is 5.19. The molecule has 0 saturated heterocycles. The lowest BCUT2D eigenvalue weighted by Gasteiger charge is -2.37. The summed E-state index contributed by atoms with van der Waals surface area (Å²) in [5.41, 5.74) is 13.7. The summed E-state index contributed by atoms with van der Waals surface area (Å²) in [4.78, 5) is 0. The second-order valence-electron chi connectivity index (χ2n) is 13.7. The normalized spacial score (nSPS) is 16.9. The number of hydrogen-bond donors (Lipinski definition) is 0. The molecule has 2 aliphatic rings. The molecule has 2 aliphatic carbocycles. The average Bonchev–Trinajstić information content (AvgIpc) is 3.71. The standard InChI is InChI=1S/C47H40/c1-47(2,43-31-41(37-27-15-17-29-39(37)43)45(33-19-7-3-8-20-33)34-21-9-4-10-22-34)44-32-42(38-28-16-18-30-40(38)44)46(35-23-11-5-12-24-35)36-25-13-6-14-26-36/h3-32,43-46H,1-2H3. The Bertz CT molecular complexity index is 1820. The maximum Gasteiger partial charge on any atom is 0.0343 e. The molecule has 6 aromatic carbocycles. The summed E-state index contributed by atoms with van der Waals surface area (Å²) in [6, 6.07) is 62.5. The van der Waals surface area contributed by atoms with Gasteiger partial charge in [-0.3, -0.25) is 0 Å². The number of benzene rings is 6. The maximum absolute atomic E-state index is 2.62. The zero-order valence-electron chi connectivity index (χ0n) is 27.1. The summed E-state index contributed by atoms with van der Waals surface area (Å²) in [6.07, 6.45) is 5.24. The minimum atomic E-state index is -0.0917. The first-order valence-corrected chi connectivity index (χ1v) is 16.9. The molecule has 2 atom stereocenters. The van der Waals surface area contributed by atoms with Crippen LogP contribution < -0.4 is 0 Å². The summed E-state index contributed by atoms with van der Waals surface area (Å²) in [6.45, 7) is 4.99. The predicted molar refractivity (Wildman–Crippen MR) is 198 cm³/mol. The van der Waals surface area contributed by atoms with E-state index in [1.54, 1.807) is 0 Å². The summed E-state index contributed by atoms with van der Waals surface area (Å²) in [5.74, 6) is 0.845. The molecule has 8 rings (SSSR count). The van der Waals surface area contributed by atoms with Gasteiger partial charge in [0.15, 0.2) is 0 Å². The molecule has 0 aromatic heterocycles. The van der Waals surface area contributed by atoms with E-state index in [0.29, 0.717) is 0 Å². The molecule has 0 bridgehead atoms. The molecule has 0 nitrogen and oxygen atoms in total. The highest BCUT2D eigenvalue weighted by atomic mass is 14.5. The quantitative estimate of drug-likeness (QED) is 0.162. The molecule has 0 spiro atoms. The van der Waals surface area contributed by atoms with Crippen molar-refractivity contribution in [3.63, 3.8) is 0 Å². The monoisotopic (exact) mass is 604 g/mol. The second kappa shape index (κ2) is 12.2. The Labute approximate surface area is 279 Å². The van der Waals surface area contributed by atoms with Crippen LogP contribution in [0.2, 0.25) is 0 Å². The average molecular weight is 605 g/mol. The van der Waals surface area contributed by atoms with Gasteiger partial charge in [0.1, 0.15) is 0 Å². The highest BCUT2D eigenvalue weighted by Crippen LogP contribution is 2.59. The van der Waals surface area contributed by atoms with Crippen LogP contribution in [0.3, 0.4) is 0 Å². The largest absolute Gasteiger partial charge is 0.0716 e. The van der Waals surface area contributed by atoms with Crippen molar-refractivity contribution in [1.82, 2.24) is 0 Å². The third-order valence-corrected chi connectivity index (χ3v) is 10.7. The van der Waals surface area contributed by atoms with Gasteiger partial charge in [0.2, 0.25) is 0 Å². The van der Waals surface area contributed by atoms with Crippen LogP contribution in [0.5, 0.6) is 0 Å². The van der Waals surface area contributed by atoms with Crippen molar-refractivity contribution < 1.29 is 0 Å². The van der Waals surface area contributed by atoms with E-state index in [9.17, 15) is 0 Å². The van der Waals surface area contributed by atoms with Crippen LogP contribution in [0, 0.1) is 5.41 Å². The van der Waals surface area contributed by atoms with Crippen molar-refractivity contribution >= 4 is 11.1 Å². The van der Waals surface area contributed by atoms with Crippen LogP contribution in [-0.4, -0.2) is 0 Å². The van der Waals surface area contributed by atoms with Gasteiger partial charge in [-0.2, -0.15) is 0 Å². The fourth-order valence-corrected chi connectivity index (χ4v) is 8.39. The van der Waals surface area contributed by atoms with E-state index in [4.69, 9.17) is 0 Å². The summed E-state index contributed by atoms with van der Waals surface area (Å²) in [7, 11) is 0. The van der Waals surface area contributed by atoms with Crippen molar-refractivity contribution in [2.75, 3.05) is 0 Å². The van der Waals surface area contributed by atoms with Crippen LogP contribution in [0.15, 0.2) is 182 Å². The molecular weight excluding hydrogens is 565 g/mol. The van der Waals surface area contributed by atoms with E-state index in [-0.39, 0.29) is 29.1 Å². The van der Waals surface area contributed by atoms with Gasteiger partial charge in [0, 0.05) is 23.7 Å². The Morgan fingerprint density at radius 3 is 0.957 bits per heavy atom. The summed E-state index contributed by atoms with van der Waals surface area (Å²) >= 11 is 0. The Balaban J connectivity index is 1.28. The SMILES string of the molecule is CC(C)(C1C=C(C(c2ccccc2)c2ccccc2)c2ccccc21)C1C=C(C(c2ccccc2)c2ccccc2)c2ccccc21. The highest BCUT2D eigenvalue weighted by molar-refractivity contribution is 5.84. The van der Waals surface area contributed by atoms with Crippen molar-refractivity contribution in [3.05, 3.63) is 227 Å². The molecule has 0 radical (unpaired) electrons. The summed E-state index contributed by atoms with van der Waals surface area (Å²) in [5, 5.41) is 0. The number of rotatable bonds is 8. The van der Waals surface area contributed by atoms with E-state index >= 15 is 0 Å². The van der Waals surface area contributed by atoms with Crippen LogP contribution in [-0.2, 0) is 0 Å². The highest BCUT2D eigenvalue weighted by Gasteiger charge is 2.45. The minimum Gasteiger partial charge on any atom is -0.0716 e. The topological polar surface area (TPSA) is 0 Å². The lowest BCUT2D eigenvalue weighted by Crippen LogP contribution is -2.26. The van der Waals surface area contributed by atoms with E-state index < -0.39 is 0 Å². The van der Waals surface area contributed by atoms with E-state index in [2.05, 4.69) is 196 Å². The zero-order valence-corrected chi connectivity index (χ0v) is 27.1. The minimum absolute atomic E-state index is 0.0917. The molecule has 0 amide bonds. The van der Waals surface area contributed by atoms with Crippen LogP contribution in [0.25, 0.3) is 11.1 Å². The first kappa shape index (κ1) is 29.2. The molecule has 0 heterocycles. The Kier molecular flexibility index (Phi) is 7.58. The predicted octanol–water partition coefficient (Wildman–Crippen LogP) is 12.0. The van der Waals surface area contributed by atoms with Crippen molar-refractivity contribution in [2.24, 2.45) is 5.41 Å². The number of hydrogen-bond acceptors (Lipinski definition) is 0. The van der Waals surface area contributed by atoms with Gasteiger partial charge in [0.25, 0.3) is 0 Å². The fraction of sp³-hybridized carbons (Fsp3) is 0.149. The van der Waals surface area contributed by atoms with Gasteiger partial charge in [-0.25, -0.2) is 0 Å². The van der Waals surface area contributed by atoms with E-state index in [1.807, 2.05) is 0 Å². The van der Waals surface area contributed by atoms with E-state index in [0.717, 1.165) is 0 Å². The molecule has 0 N–H and O–H groups in total. The van der Waals surface area contributed by atoms with Crippen molar-refractivity contribution in [1.29, 1.82) is 0 Å². The third-order valence-electron chi connectivity index (χ3n) is 10.7. The van der Waals surface area contributed by atoms with Gasteiger partial charge >= 0.3 is 0 Å². The molecule has 228 valence electrons. The molecule has 47 heavy (non-hydrogen) atoms. The Morgan fingerprint density at radius 1 is 0.362 bits per heavy atom.